The molecule has 0 unspecified atom stereocenters. The molecule has 0 bridgehead atoms. The summed E-state index contributed by atoms with van der Waals surface area (Å²) >= 11 is 3.33. The summed E-state index contributed by atoms with van der Waals surface area (Å²) in [5.41, 5.74) is 6.09. The Balaban J connectivity index is 1.73. The first kappa shape index (κ1) is 24.7. The van der Waals surface area contributed by atoms with Gasteiger partial charge in [0.1, 0.15) is 11.5 Å². The molecule has 0 atom stereocenters. The minimum absolute atomic E-state index is 0.0384. The molecule has 2 rings (SSSR count). The maximum atomic E-state index is 11.9. The van der Waals surface area contributed by atoms with Gasteiger partial charge in [0.25, 0.3) is 11.8 Å². The van der Waals surface area contributed by atoms with Gasteiger partial charge in [-0.3, -0.25) is 20.4 Å². The van der Waals surface area contributed by atoms with E-state index in [9.17, 15) is 9.59 Å². The van der Waals surface area contributed by atoms with Crippen molar-refractivity contribution in [1.29, 1.82) is 0 Å². The van der Waals surface area contributed by atoms with E-state index in [4.69, 9.17) is 9.47 Å². The molecule has 7 heteroatoms. The van der Waals surface area contributed by atoms with Crippen LogP contribution in [0.3, 0.4) is 0 Å². The van der Waals surface area contributed by atoms with Crippen LogP contribution in [0.5, 0.6) is 11.5 Å². The van der Waals surface area contributed by atoms with Gasteiger partial charge in [-0.05, 0) is 59.2 Å². The van der Waals surface area contributed by atoms with Crippen molar-refractivity contribution in [2.75, 3.05) is 13.2 Å². The molecule has 0 fully saturated rings. The Morgan fingerprint density at radius 1 is 0.774 bits per heavy atom. The van der Waals surface area contributed by atoms with Crippen LogP contribution >= 0.6 is 15.9 Å². The van der Waals surface area contributed by atoms with E-state index in [1.165, 1.54) is 5.56 Å². The number of benzene rings is 2. The standard InChI is InChI=1S/C24H31BrN2O4/c1-23(2,3)16-24(4,5)17-6-10-19(11-7-17)30-14-21(28)26-27-22(29)15-31-20-12-8-18(25)9-13-20/h6-13H,14-16H2,1-5H3,(H,26,28)(H,27,29). The number of ether oxygens (including phenoxy) is 2. The number of carbonyl (C=O) groups is 2. The quantitative estimate of drug-likeness (QED) is 0.522. The molecule has 0 aliphatic carbocycles. The third-order valence-electron chi connectivity index (χ3n) is 4.50. The van der Waals surface area contributed by atoms with Crippen LogP contribution in [-0.2, 0) is 15.0 Å². The summed E-state index contributed by atoms with van der Waals surface area (Å²) in [7, 11) is 0. The lowest BCUT2D eigenvalue weighted by Crippen LogP contribution is -2.45. The van der Waals surface area contributed by atoms with Crippen LogP contribution in [0.1, 0.15) is 46.6 Å². The second kappa shape index (κ2) is 10.7. The summed E-state index contributed by atoms with van der Waals surface area (Å²) in [6, 6.07) is 14.9. The molecule has 2 aromatic rings. The summed E-state index contributed by atoms with van der Waals surface area (Å²) < 4.78 is 11.8. The van der Waals surface area contributed by atoms with Crippen LogP contribution in [0, 0.1) is 5.41 Å². The van der Waals surface area contributed by atoms with Crippen LogP contribution in [-0.4, -0.2) is 25.0 Å². The SMILES string of the molecule is CC(C)(C)CC(C)(C)c1ccc(OCC(=O)NNC(=O)COc2ccc(Br)cc2)cc1. The van der Waals surface area contributed by atoms with Crippen molar-refractivity contribution < 1.29 is 19.1 Å². The van der Waals surface area contributed by atoms with E-state index < -0.39 is 11.8 Å². The Labute approximate surface area is 192 Å². The Morgan fingerprint density at radius 2 is 1.19 bits per heavy atom. The molecule has 2 aromatic carbocycles. The maximum absolute atomic E-state index is 11.9. The molecule has 0 saturated heterocycles. The summed E-state index contributed by atoms with van der Waals surface area (Å²) in [4.78, 5) is 23.7. The number of carbonyl (C=O) groups excluding carboxylic acids is 2. The largest absolute Gasteiger partial charge is 0.484 e. The van der Waals surface area contributed by atoms with E-state index in [2.05, 4.69) is 61.4 Å². The van der Waals surface area contributed by atoms with Gasteiger partial charge < -0.3 is 9.47 Å². The van der Waals surface area contributed by atoms with Gasteiger partial charge in [-0.15, -0.1) is 0 Å². The highest BCUT2D eigenvalue weighted by Gasteiger charge is 2.27. The average Bonchev–Trinajstić information content (AvgIpc) is 2.69. The zero-order valence-corrected chi connectivity index (χ0v) is 20.3. The number of hydrogen-bond donors (Lipinski definition) is 2. The molecule has 6 nitrogen and oxygen atoms in total. The minimum atomic E-state index is -0.471. The molecule has 31 heavy (non-hydrogen) atoms. The molecule has 0 aliphatic rings. The lowest BCUT2D eigenvalue weighted by molar-refractivity contribution is -0.131. The highest BCUT2D eigenvalue weighted by molar-refractivity contribution is 9.10. The zero-order valence-electron chi connectivity index (χ0n) is 18.8. The van der Waals surface area contributed by atoms with E-state index in [1.807, 2.05) is 36.4 Å². The fourth-order valence-electron chi connectivity index (χ4n) is 3.47. The molecular formula is C24H31BrN2O4. The third kappa shape index (κ3) is 9.00. The Kier molecular flexibility index (Phi) is 8.51. The lowest BCUT2D eigenvalue weighted by atomic mass is 9.72. The Morgan fingerprint density at radius 3 is 1.61 bits per heavy atom. The number of hydrogen-bond acceptors (Lipinski definition) is 4. The van der Waals surface area contributed by atoms with Gasteiger partial charge >= 0.3 is 0 Å². The van der Waals surface area contributed by atoms with Gasteiger partial charge in [0.2, 0.25) is 0 Å². The minimum Gasteiger partial charge on any atom is -0.484 e. The fraction of sp³-hybridized carbons (Fsp3) is 0.417. The molecule has 2 amide bonds. The van der Waals surface area contributed by atoms with Gasteiger partial charge in [0, 0.05) is 4.47 Å². The van der Waals surface area contributed by atoms with Crippen LogP contribution < -0.4 is 20.3 Å². The van der Waals surface area contributed by atoms with E-state index in [1.54, 1.807) is 12.1 Å². The van der Waals surface area contributed by atoms with Gasteiger partial charge in [-0.1, -0.05) is 62.7 Å². The van der Waals surface area contributed by atoms with Crippen LogP contribution in [0.4, 0.5) is 0 Å². The lowest BCUT2D eigenvalue weighted by Gasteiger charge is -2.33. The summed E-state index contributed by atoms with van der Waals surface area (Å²) in [5, 5.41) is 0. The molecule has 0 radical (unpaired) electrons. The summed E-state index contributed by atoms with van der Waals surface area (Å²) in [6.45, 7) is 10.7. The predicted molar refractivity (Wildman–Crippen MR) is 125 cm³/mol. The molecule has 0 saturated carbocycles. The van der Waals surface area contributed by atoms with Crippen molar-refractivity contribution in [3.8, 4) is 11.5 Å². The van der Waals surface area contributed by atoms with Gasteiger partial charge in [0.15, 0.2) is 13.2 Å². The summed E-state index contributed by atoms with van der Waals surface area (Å²) in [5.74, 6) is 0.216. The van der Waals surface area contributed by atoms with Crippen LogP contribution in [0.25, 0.3) is 0 Å². The fourth-order valence-corrected chi connectivity index (χ4v) is 3.73. The maximum Gasteiger partial charge on any atom is 0.276 e. The number of nitrogens with one attached hydrogen (secondary N) is 2. The number of amides is 2. The molecule has 0 heterocycles. The van der Waals surface area contributed by atoms with Gasteiger partial charge in [-0.25, -0.2) is 0 Å². The topological polar surface area (TPSA) is 76.7 Å². The van der Waals surface area contributed by atoms with Crippen molar-refractivity contribution in [3.05, 3.63) is 58.6 Å². The van der Waals surface area contributed by atoms with Gasteiger partial charge in [0.05, 0.1) is 0 Å². The Bertz CT molecular complexity index is 872. The highest BCUT2D eigenvalue weighted by atomic mass is 79.9. The van der Waals surface area contributed by atoms with Gasteiger partial charge in [-0.2, -0.15) is 0 Å². The van der Waals surface area contributed by atoms with E-state index in [0.717, 1.165) is 10.9 Å². The first-order valence-corrected chi connectivity index (χ1v) is 10.9. The second-order valence-electron chi connectivity index (χ2n) is 9.27. The molecule has 0 aliphatic heterocycles. The van der Waals surface area contributed by atoms with Crippen molar-refractivity contribution >= 4 is 27.7 Å². The number of halogens is 1. The summed E-state index contributed by atoms with van der Waals surface area (Å²) in [6.07, 6.45) is 1.05. The van der Waals surface area contributed by atoms with Crippen molar-refractivity contribution in [2.24, 2.45) is 5.41 Å². The van der Waals surface area contributed by atoms with Crippen LogP contribution in [0.2, 0.25) is 0 Å². The third-order valence-corrected chi connectivity index (χ3v) is 5.03. The molecule has 0 spiro atoms. The molecule has 168 valence electrons. The number of hydrazine groups is 1. The van der Waals surface area contributed by atoms with Crippen molar-refractivity contribution in [3.63, 3.8) is 0 Å². The first-order valence-electron chi connectivity index (χ1n) is 10.1. The molecule has 0 aromatic heterocycles. The van der Waals surface area contributed by atoms with Crippen LogP contribution in [0.15, 0.2) is 53.0 Å². The smallest absolute Gasteiger partial charge is 0.276 e. The predicted octanol–water partition coefficient (Wildman–Crippen LogP) is 4.77. The van der Waals surface area contributed by atoms with E-state index in [-0.39, 0.29) is 24.0 Å². The second-order valence-corrected chi connectivity index (χ2v) is 10.2. The normalized spacial score (nSPS) is 11.5. The molecular weight excluding hydrogens is 460 g/mol. The monoisotopic (exact) mass is 490 g/mol. The van der Waals surface area contributed by atoms with E-state index >= 15 is 0 Å². The Hall–Kier alpha value is -2.54. The molecule has 2 N–H and O–H groups in total. The van der Waals surface area contributed by atoms with Crippen molar-refractivity contribution in [2.45, 2.75) is 46.5 Å². The zero-order chi connectivity index (χ0) is 23.1. The van der Waals surface area contributed by atoms with E-state index in [0.29, 0.717) is 11.5 Å². The highest BCUT2D eigenvalue weighted by Crippen LogP contribution is 2.36. The first-order chi connectivity index (χ1) is 14.4. The van der Waals surface area contributed by atoms with Crippen molar-refractivity contribution in [1.82, 2.24) is 10.9 Å². The average molecular weight is 491 g/mol. The number of rotatable bonds is 8.